The summed E-state index contributed by atoms with van der Waals surface area (Å²) in [4.78, 5) is 10.5. The highest BCUT2D eigenvalue weighted by Crippen LogP contribution is 2.08. The Labute approximate surface area is 56.1 Å². The van der Waals surface area contributed by atoms with Crippen LogP contribution in [0.5, 0.6) is 5.06 Å². The van der Waals surface area contributed by atoms with Crippen molar-refractivity contribution in [3.8, 4) is 5.06 Å². The smallest absolute Gasteiger partial charge is 0.202 e. The molecule has 1 rings (SSSR count). The van der Waals surface area contributed by atoms with Crippen LogP contribution in [0.3, 0.4) is 0 Å². The molecule has 0 unspecified atom stereocenters. The highest BCUT2D eigenvalue weighted by atomic mass is 32.1. The third-order valence-electron chi connectivity index (χ3n) is 0.784. The lowest BCUT2D eigenvalue weighted by atomic mass is 10.6. The largest absolute Gasteiger partial charge is 0.486 e. The maximum absolute atomic E-state index is 10.5. The Morgan fingerprint density at radius 2 is 2.56 bits per heavy atom. The molecule has 0 fully saturated rings. The summed E-state index contributed by atoms with van der Waals surface area (Å²) in [5.74, 6) is 0. The van der Waals surface area contributed by atoms with Crippen LogP contribution in [0.1, 0.15) is 0 Å². The van der Waals surface area contributed by atoms with Crippen LogP contribution in [0.15, 0.2) is 17.1 Å². The zero-order chi connectivity index (χ0) is 6.69. The van der Waals surface area contributed by atoms with Crippen LogP contribution < -0.4 is 10.2 Å². The minimum absolute atomic E-state index is 0.120. The molecule has 0 amide bonds. The summed E-state index contributed by atoms with van der Waals surface area (Å²) in [6.07, 6.45) is 1.26. The van der Waals surface area contributed by atoms with Crippen LogP contribution in [0, 0.1) is 0 Å². The summed E-state index contributed by atoms with van der Waals surface area (Å²) >= 11 is 1.15. The first-order valence-electron chi connectivity index (χ1n) is 2.33. The van der Waals surface area contributed by atoms with Gasteiger partial charge in [-0.25, -0.2) is 0 Å². The molecule has 0 saturated heterocycles. The van der Waals surface area contributed by atoms with E-state index in [-0.39, 0.29) is 5.43 Å². The van der Waals surface area contributed by atoms with Crippen molar-refractivity contribution in [2.45, 2.75) is 0 Å². The van der Waals surface area contributed by atoms with Gasteiger partial charge >= 0.3 is 0 Å². The van der Waals surface area contributed by atoms with Gasteiger partial charge in [-0.1, -0.05) is 0 Å². The predicted molar refractivity (Wildman–Crippen MR) is 34.9 cm³/mol. The number of methoxy groups -OCH3 is 1. The van der Waals surface area contributed by atoms with Gasteiger partial charge in [-0.2, -0.15) is 4.37 Å². The average molecular weight is 143 g/mol. The molecule has 0 spiro atoms. The lowest BCUT2D eigenvalue weighted by Gasteiger charge is -1.91. The number of aromatic nitrogens is 1. The summed E-state index contributed by atoms with van der Waals surface area (Å²) in [5, 5.41) is 0.544. The van der Waals surface area contributed by atoms with Gasteiger partial charge in [0.2, 0.25) is 5.43 Å². The van der Waals surface area contributed by atoms with E-state index in [4.69, 9.17) is 4.74 Å². The molecule has 0 aromatic carbocycles. The number of hydrogen-bond acceptors (Lipinski definition) is 4. The van der Waals surface area contributed by atoms with Gasteiger partial charge in [0.25, 0.3) is 0 Å². The number of ether oxygens (including phenoxy) is 1. The minimum Gasteiger partial charge on any atom is -0.486 e. The number of hydrogen-bond donors (Lipinski definition) is 0. The minimum atomic E-state index is -0.120. The Bertz CT molecular complexity index is 245. The Kier molecular flexibility index (Phi) is 1.79. The normalized spacial score (nSPS) is 9.00. The second-order valence-electron chi connectivity index (χ2n) is 1.40. The molecule has 0 bridgehead atoms. The third kappa shape index (κ3) is 1.50. The lowest BCUT2D eigenvalue weighted by molar-refractivity contribution is 0.426. The quantitative estimate of drug-likeness (QED) is 0.575. The fourth-order valence-electron chi connectivity index (χ4n) is 0.406. The van der Waals surface area contributed by atoms with Crippen LogP contribution in [-0.2, 0) is 0 Å². The van der Waals surface area contributed by atoms with Crippen molar-refractivity contribution in [1.29, 1.82) is 0 Å². The van der Waals surface area contributed by atoms with Crippen molar-refractivity contribution in [1.82, 2.24) is 4.37 Å². The first kappa shape index (κ1) is 6.22. The van der Waals surface area contributed by atoms with Crippen molar-refractivity contribution < 1.29 is 4.74 Å². The topological polar surface area (TPSA) is 39.2 Å². The van der Waals surface area contributed by atoms with Gasteiger partial charge < -0.3 is 4.74 Å². The van der Waals surface area contributed by atoms with Gasteiger partial charge in [-0.15, -0.1) is 0 Å². The zero-order valence-electron chi connectivity index (χ0n) is 4.83. The SMILES string of the molecule is COc1cc(=O)cns1. The van der Waals surface area contributed by atoms with Crippen LogP contribution in [-0.4, -0.2) is 11.5 Å². The standard InChI is InChI=1S/C5H5NO2S/c1-8-5-2-4(7)3-6-9-5/h2-3H,1H3. The summed E-state index contributed by atoms with van der Waals surface area (Å²) < 4.78 is 8.41. The third-order valence-corrected chi connectivity index (χ3v) is 1.46. The van der Waals surface area contributed by atoms with E-state index >= 15 is 0 Å². The van der Waals surface area contributed by atoms with E-state index in [1.54, 1.807) is 0 Å². The summed E-state index contributed by atoms with van der Waals surface area (Å²) in [5.41, 5.74) is -0.120. The monoisotopic (exact) mass is 143 g/mol. The molecule has 9 heavy (non-hydrogen) atoms. The van der Waals surface area contributed by atoms with Crippen LogP contribution in [0.4, 0.5) is 0 Å². The molecule has 0 aliphatic rings. The molecule has 0 aliphatic carbocycles. The maximum Gasteiger partial charge on any atom is 0.202 e. The molecule has 1 aromatic heterocycles. The molecular formula is C5H5NO2S. The van der Waals surface area contributed by atoms with Crippen LogP contribution in [0.2, 0.25) is 0 Å². The van der Waals surface area contributed by atoms with Crippen molar-refractivity contribution in [2.24, 2.45) is 0 Å². The molecular weight excluding hydrogens is 138 g/mol. The average Bonchev–Trinajstić information content (AvgIpc) is 1.88. The Morgan fingerprint density at radius 1 is 1.78 bits per heavy atom. The number of nitrogens with zero attached hydrogens (tertiary/aromatic N) is 1. The Balaban J connectivity index is 3.08. The van der Waals surface area contributed by atoms with Gasteiger partial charge in [-0.05, 0) is 0 Å². The van der Waals surface area contributed by atoms with E-state index in [2.05, 4.69) is 4.37 Å². The summed E-state index contributed by atoms with van der Waals surface area (Å²) in [6, 6.07) is 1.40. The molecule has 0 N–H and O–H groups in total. The van der Waals surface area contributed by atoms with Crippen molar-refractivity contribution in [2.75, 3.05) is 7.11 Å². The molecule has 1 aromatic rings. The highest BCUT2D eigenvalue weighted by molar-refractivity contribution is 7.07. The van der Waals surface area contributed by atoms with Gasteiger partial charge in [0.15, 0.2) is 5.06 Å². The first-order chi connectivity index (χ1) is 4.33. The Hall–Kier alpha value is -0.900. The number of rotatable bonds is 1. The van der Waals surface area contributed by atoms with Gasteiger partial charge in [0, 0.05) is 17.6 Å². The fraction of sp³-hybridized carbons (Fsp3) is 0.200. The summed E-state index contributed by atoms with van der Waals surface area (Å²) in [7, 11) is 1.51. The van der Waals surface area contributed by atoms with Crippen molar-refractivity contribution in [3.05, 3.63) is 22.5 Å². The van der Waals surface area contributed by atoms with E-state index in [9.17, 15) is 4.79 Å². The maximum atomic E-state index is 10.5. The fourth-order valence-corrected chi connectivity index (χ4v) is 0.910. The second-order valence-corrected chi connectivity index (χ2v) is 2.19. The van der Waals surface area contributed by atoms with Crippen molar-refractivity contribution >= 4 is 11.5 Å². The molecule has 0 saturated carbocycles. The van der Waals surface area contributed by atoms with E-state index in [1.165, 1.54) is 19.4 Å². The van der Waals surface area contributed by atoms with Crippen molar-refractivity contribution in [3.63, 3.8) is 0 Å². The van der Waals surface area contributed by atoms with E-state index < -0.39 is 0 Å². The zero-order valence-corrected chi connectivity index (χ0v) is 5.64. The summed E-state index contributed by atoms with van der Waals surface area (Å²) in [6.45, 7) is 0. The highest BCUT2D eigenvalue weighted by Gasteiger charge is 1.89. The Morgan fingerprint density at radius 3 is 3.00 bits per heavy atom. The molecule has 0 atom stereocenters. The van der Waals surface area contributed by atoms with E-state index in [0.29, 0.717) is 5.06 Å². The van der Waals surface area contributed by atoms with Crippen LogP contribution >= 0.6 is 11.5 Å². The predicted octanol–water partition coefficient (Wildman–Crippen LogP) is 0.512. The molecule has 48 valence electrons. The van der Waals surface area contributed by atoms with Crippen LogP contribution in [0.25, 0.3) is 0 Å². The molecule has 3 nitrogen and oxygen atoms in total. The molecule has 0 aliphatic heterocycles. The van der Waals surface area contributed by atoms with Gasteiger partial charge in [0.1, 0.15) is 0 Å². The van der Waals surface area contributed by atoms with Gasteiger partial charge in [-0.3, -0.25) is 4.79 Å². The lowest BCUT2D eigenvalue weighted by Crippen LogP contribution is -1.96. The molecule has 1 heterocycles. The molecule has 0 radical (unpaired) electrons. The second kappa shape index (κ2) is 2.59. The van der Waals surface area contributed by atoms with E-state index in [0.717, 1.165) is 11.5 Å². The van der Waals surface area contributed by atoms with E-state index in [1.807, 2.05) is 0 Å². The first-order valence-corrected chi connectivity index (χ1v) is 3.10. The molecule has 4 heteroatoms. The van der Waals surface area contributed by atoms with Gasteiger partial charge in [0.05, 0.1) is 13.3 Å².